The minimum absolute atomic E-state index is 0.580. The van der Waals surface area contributed by atoms with Crippen molar-refractivity contribution in [3.63, 3.8) is 0 Å². The van der Waals surface area contributed by atoms with Crippen molar-refractivity contribution in [2.45, 2.75) is 19.9 Å². The third-order valence-electron chi connectivity index (χ3n) is 3.35. The first kappa shape index (κ1) is 13.6. The van der Waals surface area contributed by atoms with Crippen LogP contribution in [0, 0.1) is 6.92 Å². The van der Waals surface area contributed by atoms with Crippen LogP contribution in [0.5, 0.6) is 0 Å². The molecule has 2 N–H and O–H groups in total. The fourth-order valence-electron chi connectivity index (χ4n) is 2.22. The zero-order valence-electron chi connectivity index (χ0n) is 11.6. The summed E-state index contributed by atoms with van der Waals surface area (Å²) in [6.07, 6.45) is 4.69. The van der Waals surface area contributed by atoms with Gasteiger partial charge in [0.15, 0.2) is 0 Å². The van der Waals surface area contributed by atoms with E-state index in [1.165, 1.54) is 22.4 Å². The summed E-state index contributed by atoms with van der Waals surface area (Å²) in [5, 5.41) is 0. The number of pyridine rings is 1. The lowest BCUT2D eigenvalue weighted by Gasteiger charge is -2.22. The van der Waals surface area contributed by atoms with Gasteiger partial charge in [0, 0.05) is 38.2 Å². The standard InChI is InChI=1S/C16H21N3/c1-13-3-4-16(15(11-13)12-17)19(2)10-7-14-5-8-18-9-6-14/h3-6,8-9,11H,7,10,12,17H2,1-2H3. The van der Waals surface area contributed by atoms with Gasteiger partial charge in [0.2, 0.25) is 0 Å². The third-order valence-corrected chi connectivity index (χ3v) is 3.35. The van der Waals surface area contributed by atoms with Crippen LogP contribution in [-0.2, 0) is 13.0 Å². The van der Waals surface area contributed by atoms with Crippen molar-refractivity contribution in [2.24, 2.45) is 5.73 Å². The van der Waals surface area contributed by atoms with Gasteiger partial charge in [-0.1, -0.05) is 17.7 Å². The highest BCUT2D eigenvalue weighted by molar-refractivity contribution is 5.54. The molecule has 0 spiro atoms. The number of aromatic nitrogens is 1. The fraction of sp³-hybridized carbons (Fsp3) is 0.312. The van der Waals surface area contributed by atoms with Gasteiger partial charge < -0.3 is 10.6 Å². The number of anilines is 1. The highest BCUT2D eigenvalue weighted by Crippen LogP contribution is 2.20. The molecule has 0 atom stereocenters. The summed E-state index contributed by atoms with van der Waals surface area (Å²) in [7, 11) is 2.12. The number of hydrogen-bond donors (Lipinski definition) is 1. The molecule has 0 aliphatic heterocycles. The van der Waals surface area contributed by atoms with Crippen molar-refractivity contribution in [3.05, 3.63) is 59.4 Å². The van der Waals surface area contributed by atoms with Crippen LogP contribution in [0.4, 0.5) is 5.69 Å². The van der Waals surface area contributed by atoms with E-state index in [0.717, 1.165) is 13.0 Å². The van der Waals surface area contributed by atoms with E-state index in [4.69, 9.17) is 5.73 Å². The van der Waals surface area contributed by atoms with Gasteiger partial charge in [-0.05, 0) is 42.7 Å². The summed E-state index contributed by atoms with van der Waals surface area (Å²) in [5.41, 5.74) is 10.8. The summed E-state index contributed by atoms with van der Waals surface area (Å²) < 4.78 is 0. The van der Waals surface area contributed by atoms with Gasteiger partial charge in [0.1, 0.15) is 0 Å². The monoisotopic (exact) mass is 255 g/mol. The maximum Gasteiger partial charge on any atom is 0.0409 e. The Morgan fingerprint density at radius 1 is 1.16 bits per heavy atom. The van der Waals surface area contributed by atoms with Crippen LogP contribution in [-0.4, -0.2) is 18.6 Å². The molecule has 0 radical (unpaired) electrons. The van der Waals surface area contributed by atoms with E-state index < -0.39 is 0 Å². The molecule has 0 bridgehead atoms. The van der Waals surface area contributed by atoms with Gasteiger partial charge in [0.25, 0.3) is 0 Å². The Balaban J connectivity index is 2.05. The Morgan fingerprint density at radius 3 is 2.58 bits per heavy atom. The van der Waals surface area contributed by atoms with Crippen molar-refractivity contribution in [3.8, 4) is 0 Å². The molecule has 0 aliphatic rings. The summed E-state index contributed by atoms with van der Waals surface area (Å²) in [4.78, 5) is 6.30. The number of hydrogen-bond acceptors (Lipinski definition) is 3. The van der Waals surface area contributed by atoms with Crippen LogP contribution in [0.25, 0.3) is 0 Å². The Hall–Kier alpha value is -1.87. The van der Waals surface area contributed by atoms with E-state index in [0.29, 0.717) is 6.54 Å². The topological polar surface area (TPSA) is 42.2 Å². The van der Waals surface area contributed by atoms with E-state index in [-0.39, 0.29) is 0 Å². The van der Waals surface area contributed by atoms with E-state index in [1.807, 2.05) is 12.4 Å². The van der Waals surface area contributed by atoms with E-state index in [1.54, 1.807) is 0 Å². The average Bonchev–Trinajstić information content (AvgIpc) is 2.45. The third kappa shape index (κ3) is 3.55. The first-order valence-electron chi connectivity index (χ1n) is 6.60. The zero-order chi connectivity index (χ0) is 13.7. The molecule has 1 aromatic carbocycles. The largest absolute Gasteiger partial charge is 0.374 e. The molecule has 3 nitrogen and oxygen atoms in total. The minimum atomic E-state index is 0.580. The number of nitrogens with two attached hydrogens (primary N) is 1. The van der Waals surface area contributed by atoms with Crippen LogP contribution in [0.15, 0.2) is 42.7 Å². The predicted octanol–water partition coefficient (Wildman–Crippen LogP) is 2.53. The predicted molar refractivity (Wildman–Crippen MR) is 80.3 cm³/mol. The molecule has 0 saturated heterocycles. The highest BCUT2D eigenvalue weighted by atomic mass is 15.1. The van der Waals surface area contributed by atoms with Crippen molar-refractivity contribution in [1.29, 1.82) is 0 Å². The smallest absolute Gasteiger partial charge is 0.0409 e. The molecule has 0 saturated carbocycles. The number of nitrogens with zero attached hydrogens (tertiary/aromatic N) is 2. The lowest BCUT2D eigenvalue weighted by molar-refractivity contribution is 0.863. The SMILES string of the molecule is Cc1ccc(N(C)CCc2ccncc2)c(CN)c1. The molecule has 100 valence electrons. The molecule has 0 amide bonds. The minimum Gasteiger partial charge on any atom is -0.374 e. The molecule has 1 heterocycles. The number of aryl methyl sites for hydroxylation is 1. The second kappa shape index (κ2) is 6.34. The first-order valence-corrected chi connectivity index (χ1v) is 6.60. The second-order valence-electron chi connectivity index (χ2n) is 4.86. The van der Waals surface area contributed by atoms with Crippen LogP contribution in [0.2, 0.25) is 0 Å². The maximum atomic E-state index is 5.83. The van der Waals surface area contributed by atoms with E-state index in [9.17, 15) is 0 Å². The van der Waals surface area contributed by atoms with Gasteiger partial charge in [-0.15, -0.1) is 0 Å². The molecule has 0 fully saturated rings. The van der Waals surface area contributed by atoms with Gasteiger partial charge in [-0.2, -0.15) is 0 Å². The average molecular weight is 255 g/mol. The van der Waals surface area contributed by atoms with Crippen LogP contribution in [0.1, 0.15) is 16.7 Å². The van der Waals surface area contributed by atoms with Gasteiger partial charge >= 0.3 is 0 Å². The van der Waals surface area contributed by atoms with Crippen molar-refractivity contribution in [1.82, 2.24) is 4.98 Å². The Kier molecular flexibility index (Phi) is 4.53. The normalized spacial score (nSPS) is 10.5. The molecule has 2 aromatic rings. The Labute approximate surface area is 115 Å². The van der Waals surface area contributed by atoms with Gasteiger partial charge in [-0.3, -0.25) is 4.98 Å². The quantitative estimate of drug-likeness (QED) is 0.892. The van der Waals surface area contributed by atoms with Crippen LogP contribution >= 0.6 is 0 Å². The molecule has 19 heavy (non-hydrogen) atoms. The zero-order valence-corrected chi connectivity index (χ0v) is 11.6. The van der Waals surface area contributed by atoms with Gasteiger partial charge in [-0.25, -0.2) is 0 Å². The Bertz CT molecular complexity index is 523. The summed E-state index contributed by atoms with van der Waals surface area (Å²) in [6.45, 7) is 3.65. The van der Waals surface area contributed by atoms with Crippen molar-refractivity contribution < 1.29 is 0 Å². The van der Waals surface area contributed by atoms with E-state index >= 15 is 0 Å². The molecule has 3 heteroatoms. The number of likely N-dealkylation sites (N-methyl/N-ethyl adjacent to an activating group) is 1. The summed E-state index contributed by atoms with van der Waals surface area (Å²) >= 11 is 0. The molecule has 0 aliphatic carbocycles. The lowest BCUT2D eigenvalue weighted by atomic mass is 10.1. The first-order chi connectivity index (χ1) is 9.20. The molecule has 0 unspecified atom stereocenters. The van der Waals surface area contributed by atoms with Crippen LogP contribution < -0.4 is 10.6 Å². The molecule has 2 rings (SSSR count). The van der Waals surface area contributed by atoms with Crippen LogP contribution in [0.3, 0.4) is 0 Å². The number of benzene rings is 1. The van der Waals surface area contributed by atoms with Crippen molar-refractivity contribution >= 4 is 5.69 Å². The molecule has 1 aromatic heterocycles. The highest BCUT2D eigenvalue weighted by Gasteiger charge is 2.06. The Morgan fingerprint density at radius 2 is 1.89 bits per heavy atom. The fourth-order valence-corrected chi connectivity index (χ4v) is 2.22. The summed E-state index contributed by atoms with van der Waals surface area (Å²) in [5.74, 6) is 0. The molecular formula is C16H21N3. The van der Waals surface area contributed by atoms with Crippen molar-refractivity contribution in [2.75, 3.05) is 18.5 Å². The van der Waals surface area contributed by atoms with Gasteiger partial charge in [0.05, 0.1) is 0 Å². The molecular weight excluding hydrogens is 234 g/mol. The number of rotatable bonds is 5. The lowest BCUT2D eigenvalue weighted by Crippen LogP contribution is -2.22. The van der Waals surface area contributed by atoms with E-state index in [2.05, 4.69) is 54.2 Å². The summed E-state index contributed by atoms with van der Waals surface area (Å²) in [6, 6.07) is 10.6. The maximum absolute atomic E-state index is 5.83. The second-order valence-corrected chi connectivity index (χ2v) is 4.86.